The van der Waals surface area contributed by atoms with Crippen molar-refractivity contribution >= 4 is 11.8 Å². The Morgan fingerprint density at radius 1 is 1.04 bits per heavy atom. The molecule has 6 nitrogen and oxygen atoms in total. The average molecular weight is 374 g/mol. The van der Waals surface area contributed by atoms with Crippen LogP contribution in [0.15, 0.2) is 18.2 Å². The lowest BCUT2D eigenvalue weighted by Crippen LogP contribution is -2.40. The zero-order valence-electron chi connectivity index (χ0n) is 16.6. The number of benzene rings is 1. The average Bonchev–Trinajstić information content (AvgIpc) is 2.68. The van der Waals surface area contributed by atoms with E-state index in [1.54, 1.807) is 26.2 Å². The first-order valence-electron chi connectivity index (χ1n) is 9.87. The molecule has 148 valence electrons. The molecule has 27 heavy (non-hydrogen) atoms. The summed E-state index contributed by atoms with van der Waals surface area (Å²) in [6, 6.07) is 5.42. The molecule has 2 amide bonds. The third kappa shape index (κ3) is 4.73. The second-order valence-corrected chi connectivity index (χ2v) is 7.69. The largest absolute Gasteiger partial charge is 0.493 e. The van der Waals surface area contributed by atoms with Gasteiger partial charge in [-0.15, -0.1) is 0 Å². The highest BCUT2D eigenvalue weighted by atomic mass is 16.5. The Hall–Kier alpha value is -2.24. The number of rotatable bonds is 4. The van der Waals surface area contributed by atoms with E-state index in [4.69, 9.17) is 9.47 Å². The maximum absolute atomic E-state index is 12.9. The van der Waals surface area contributed by atoms with Crippen LogP contribution in [-0.2, 0) is 4.79 Å². The second kappa shape index (κ2) is 8.63. The topological polar surface area (TPSA) is 59.1 Å². The maximum atomic E-state index is 12.9. The molecular formula is C21H30N2O4. The van der Waals surface area contributed by atoms with Gasteiger partial charge < -0.3 is 19.3 Å². The van der Waals surface area contributed by atoms with Gasteiger partial charge in [0.1, 0.15) is 6.10 Å². The first-order chi connectivity index (χ1) is 13.0. The predicted molar refractivity (Wildman–Crippen MR) is 103 cm³/mol. The van der Waals surface area contributed by atoms with E-state index in [2.05, 4.69) is 6.92 Å². The summed E-state index contributed by atoms with van der Waals surface area (Å²) in [6.07, 6.45) is 3.82. The van der Waals surface area contributed by atoms with Crippen molar-refractivity contribution in [2.24, 2.45) is 5.92 Å². The quantitative estimate of drug-likeness (QED) is 0.813. The molecule has 2 aliphatic rings. The van der Waals surface area contributed by atoms with Gasteiger partial charge in [0.05, 0.1) is 7.11 Å². The standard InChI is InChI=1S/C21H30N2O4/c1-15-5-4-10-23(14-15)21(25)17-6-7-19(26-3)20(13-17)27-18-8-11-22(12-9-18)16(2)24/h6-7,13,15,18H,4-5,8-12,14H2,1-3H3/t15-/m0/s1. The number of piperidine rings is 2. The third-order valence-corrected chi connectivity index (χ3v) is 5.54. The molecule has 1 atom stereocenters. The Morgan fingerprint density at radius 2 is 1.78 bits per heavy atom. The Kier molecular flexibility index (Phi) is 6.24. The van der Waals surface area contributed by atoms with Crippen LogP contribution in [-0.4, -0.2) is 61.0 Å². The molecular weight excluding hydrogens is 344 g/mol. The number of ether oxygens (including phenoxy) is 2. The minimum atomic E-state index is 0.0230. The summed E-state index contributed by atoms with van der Waals surface area (Å²) in [5.41, 5.74) is 0.640. The number of hydrogen-bond donors (Lipinski definition) is 0. The Bertz CT molecular complexity index is 683. The van der Waals surface area contributed by atoms with Crippen molar-refractivity contribution in [1.29, 1.82) is 0 Å². The Balaban J connectivity index is 1.70. The Morgan fingerprint density at radius 3 is 2.41 bits per heavy atom. The van der Waals surface area contributed by atoms with Gasteiger partial charge in [0.15, 0.2) is 11.5 Å². The van der Waals surface area contributed by atoms with E-state index in [-0.39, 0.29) is 17.9 Å². The van der Waals surface area contributed by atoms with E-state index in [0.29, 0.717) is 36.1 Å². The minimum absolute atomic E-state index is 0.0230. The molecule has 0 unspecified atom stereocenters. The molecule has 1 aromatic rings. The number of methoxy groups -OCH3 is 1. The number of hydrogen-bond acceptors (Lipinski definition) is 4. The summed E-state index contributed by atoms with van der Waals surface area (Å²) in [5.74, 6) is 1.94. The summed E-state index contributed by atoms with van der Waals surface area (Å²) >= 11 is 0. The molecule has 2 heterocycles. The van der Waals surface area contributed by atoms with Crippen LogP contribution in [0.2, 0.25) is 0 Å². The van der Waals surface area contributed by atoms with Crippen LogP contribution in [0.1, 0.15) is 49.9 Å². The third-order valence-electron chi connectivity index (χ3n) is 5.54. The summed E-state index contributed by atoms with van der Waals surface area (Å²) in [4.78, 5) is 28.2. The fraction of sp³-hybridized carbons (Fsp3) is 0.619. The lowest BCUT2D eigenvalue weighted by Gasteiger charge is -2.32. The molecule has 1 aromatic carbocycles. The summed E-state index contributed by atoms with van der Waals surface area (Å²) in [5, 5.41) is 0. The molecule has 6 heteroatoms. The predicted octanol–water partition coefficient (Wildman–Crippen LogP) is 2.96. The summed E-state index contributed by atoms with van der Waals surface area (Å²) in [6.45, 7) is 6.81. The fourth-order valence-corrected chi connectivity index (χ4v) is 3.93. The normalized spacial score (nSPS) is 21.1. The highest BCUT2D eigenvalue weighted by Gasteiger charge is 2.25. The maximum Gasteiger partial charge on any atom is 0.254 e. The first-order valence-corrected chi connectivity index (χ1v) is 9.87. The highest BCUT2D eigenvalue weighted by molar-refractivity contribution is 5.95. The molecule has 0 spiro atoms. The Labute approximate surface area is 161 Å². The van der Waals surface area contributed by atoms with Gasteiger partial charge in [-0.3, -0.25) is 9.59 Å². The van der Waals surface area contributed by atoms with Gasteiger partial charge in [0.25, 0.3) is 5.91 Å². The molecule has 0 bridgehead atoms. The first kappa shape index (κ1) is 19.5. The van der Waals surface area contributed by atoms with Gasteiger partial charge in [-0.1, -0.05) is 6.92 Å². The monoisotopic (exact) mass is 374 g/mol. The van der Waals surface area contributed by atoms with Gasteiger partial charge in [-0.25, -0.2) is 0 Å². The number of nitrogens with zero attached hydrogens (tertiary/aromatic N) is 2. The summed E-state index contributed by atoms with van der Waals surface area (Å²) < 4.78 is 11.6. The van der Waals surface area contributed by atoms with Crippen LogP contribution in [0.3, 0.4) is 0 Å². The van der Waals surface area contributed by atoms with E-state index >= 15 is 0 Å². The molecule has 0 aliphatic carbocycles. The van der Waals surface area contributed by atoms with E-state index in [1.165, 1.54) is 6.42 Å². The lowest BCUT2D eigenvalue weighted by atomic mass is 9.99. The van der Waals surface area contributed by atoms with Crippen molar-refractivity contribution < 1.29 is 19.1 Å². The zero-order chi connectivity index (χ0) is 19.4. The zero-order valence-corrected chi connectivity index (χ0v) is 16.6. The van der Waals surface area contributed by atoms with E-state index in [0.717, 1.165) is 32.4 Å². The van der Waals surface area contributed by atoms with Gasteiger partial charge >= 0.3 is 0 Å². The summed E-state index contributed by atoms with van der Waals surface area (Å²) in [7, 11) is 1.61. The van der Waals surface area contributed by atoms with Crippen LogP contribution in [0, 0.1) is 5.92 Å². The number of carbonyl (C=O) groups is 2. The molecule has 0 radical (unpaired) electrons. The molecule has 2 saturated heterocycles. The van der Waals surface area contributed by atoms with Crippen molar-refractivity contribution in [3.05, 3.63) is 23.8 Å². The SMILES string of the molecule is COc1ccc(C(=O)N2CCC[C@H](C)C2)cc1OC1CCN(C(C)=O)CC1. The van der Waals surface area contributed by atoms with E-state index < -0.39 is 0 Å². The van der Waals surface area contributed by atoms with Gasteiger partial charge in [-0.2, -0.15) is 0 Å². The van der Waals surface area contributed by atoms with Crippen LogP contribution in [0.5, 0.6) is 11.5 Å². The van der Waals surface area contributed by atoms with Crippen LogP contribution in [0.4, 0.5) is 0 Å². The number of amides is 2. The molecule has 0 N–H and O–H groups in total. The van der Waals surface area contributed by atoms with Crippen molar-refractivity contribution in [2.45, 2.75) is 45.6 Å². The van der Waals surface area contributed by atoms with E-state index in [1.807, 2.05) is 15.9 Å². The van der Waals surface area contributed by atoms with Crippen molar-refractivity contribution in [1.82, 2.24) is 9.80 Å². The van der Waals surface area contributed by atoms with Crippen molar-refractivity contribution in [2.75, 3.05) is 33.3 Å². The number of likely N-dealkylation sites (tertiary alicyclic amines) is 2. The van der Waals surface area contributed by atoms with E-state index in [9.17, 15) is 9.59 Å². The van der Waals surface area contributed by atoms with Gasteiger partial charge in [0.2, 0.25) is 5.91 Å². The smallest absolute Gasteiger partial charge is 0.254 e. The van der Waals surface area contributed by atoms with Crippen molar-refractivity contribution in [3.8, 4) is 11.5 Å². The fourth-order valence-electron chi connectivity index (χ4n) is 3.93. The minimum Gasteiger partial charge on any atom is -0.493 e. The van der Waals surface area contributed by atoms with Crippen molar-refractivity contribution in [3.63, 3.8) is 0 Å². The highest BCUT2D eigenvalue weighted by Crippen LogP contribution is 2.31. The molecule has 3 rings (SSSR count). The van der Waals surface area contributed by atoms with Crippen LogP contribution < -0.4 is 9.47 Å². The second-order valence-electron chi connectivity index (χ2n) is 7.69. The number of carbonyl (C=O) groups excluding carboxylic acids is 2. The molecule has 2 aliphatic heterocycles. The lowest BCUT2D eigenvalue weighted by molar-refractivity contribution is -0.130. The van der Waals surface area contributed by atoms with Gasteiger partial charge in [-0.05, 0) is 37.0 Å². The molecule has 0 aromatic heterocycles. The molecule has 0 saturated carbocycles. The molecule has 2 fully saturated rings. The van der Waals surface area contributed by atoms with Gasteiger partial charge in [0, 0.05) is 51.5 Å². The van der Waals surface area contributed by atoms with Crippen LogP contribution >= 0.6 is 0 Å². The van der Waals surface area contributed by atoms with Crippen LogP contribution in [0.25, 0.3) is 0 Å².